The van der Waals surface area contributed by atoms with Crippen LogP contribution in [0.4, 0.5) is 5.69 Å². The van der Waals surface area contributed by atoms with E-state index in [1.54, 1.807) is 0 Å². The number of anilines is 1. The van der Waals surface area contributed by atoms with Gasteiger partial charge >= 0.3 is 0 Å². The van der Waals surface area contributed by atoms with Crippen molar-refractivity contribution in [1.82, 2.24) is 5.32 Å². The van der Waals surface area contributed by atoms with Crippen molar-refractivity contribution in [2.75, 3.05) is 5.73 Å². The summed E-state index contributed by atoms with van der Waals surface area (Å²) in [4.78, 5) is 12.7. The van der Waals surface area contributed by atoms with E-state index in [-0.39, 0.29) is 11.4 Å². The molecule has 0 spiro atoms. The molecule has 1 aromatic carbocycles. The maximum absolute atomic E-state index is 12.7. The van der Waals surface area contributed by atoms with E-state index in [9.17, 15) is 4.79 Å². The minimum Gasteiger partial charge on any atom is -0.398 e. The van der Waals surface area contributed by atoms with E-state index in [2.05, 4.69) is 21.2 Å². The van der Waals surface area contributed by atoms with E-state index in [1.807, 2.05) is 18.2 Å². The Labute approximate surface area is 133 Å². The predicted octanol–water partition coefficient (Wildman–Crippen LogP) is 3.73. The summed E-state index contributed by atoms with van der Waals surface area (Å²) < 4.78 is 0.715. The lowest BCUT2D eigenvalue weighted by molar-refractivity contribution is -0.0167. The van der Waals surface area contributed by atoms with Crippen molar-refractivity contribution in [2.24, 2.45) is 17.8 Å². The van der Waals surface area contributed by atoms with Gasteiger partial charge in [0.25, 0.3) is 5.91 Å². The van der Waals surface area contributed by atoms with Gasteiger partial charge in [0.1, 0.15) is 0 Å². The fourth-order valence-electron chi connectivity index (χ4n) is 5.30. The zero-order valence-electron chi connectivity index (χ0n) is 12.1. The Bertz CT molecular complexity index is 563. The monoisotopic (exact) mass is 348 g/mol. The molecule has 21 heavy (non-hydrogen) atoms. The highest BCUT2D eigenvalue weighted by atomic mass is 79.9. The van der Waals surface area contributed by atoms with Crippen molar-refractivity contribution in [3.63, 3.8) is 0 Å². The fourth-order valence-corrected chi connectivity index (χ4v) is 5.74. The van der Waals surface area contributed by atoms with Crippen LogP contribution in [0, 0.1) is 17.8 Å². The van der Waals surface area contributed by atoms with Gasteiger partial charge < -0.3 is 11.1 Å². The summed E-state index contributed by atoms with van der Waals surface area (Å²) in [5, 5.41) is 3.38. The SMILES string of the molecule is Nc1cccc(C(=O)NC23CC4CC(CC(C4)C2)C3)c1Br. The van der Waals surface area contributed by atoms with Gasteiger partial charge in [-0.05, 0) is 84.3 Å². The Morgan fingerprint density at radius 1 is 1.14 bits per heavy atom. The van der Waals surface area contributed by atoms with Crippen LogP contribution < -0.4 is 11.1 Å². The highest BCUT2D eigenvalue weighted by molar-refractivity contribution is 9.10. The molecule has 0 atom stereocenters. The first-order valence-electron chi connectivity index (χ1n) is 7.91. The molecule has 4 bridgehead atoms. The number of amides is 1. The summed E-state index contributed by atoms with van der Waals surface area (Å²) in [6, 6.07) is 5.50. The van der Waals surface area contributed by atoms with Crippen molar-refractivity contribution < 1.29 is 4.79 Å². The molecule has 1 amide bonds. The molecule has 4 aliphatic carbocycles. The highest BCUT2D eigenvalue weighted by Gasteiger charge is 2.51. The van der Waals surface area contributed by atoms with E-state index in [0.717, 1.165) is 17.8 Å². The standard InChI is InChI=1S/C17H21BrN2O/c18-15-13(2-1-3-14(15)19)16(21)20-17-7-10-4-11(8-17)6-12(5-10)9-17/h1-3,10-12H,4-9,19H2,(H,20,21). The van der Waals surface area contributed by atoms with Crippen LogP contribution >= 0.6 is 15.9 Å². The average molecular weight is 349 g/mol. The number of nitrogens with one attached hydrogen (secondary N) is 1. The Kier molecular flexibility index (Phi) is 3.07. The van der Waals surface area contributed by atoms with Crippen LogP contribution in [0.2, 0.25) is 0 Å². The first-order chi connectivity index (χ1) is 10.0. The molecule has 0 unspecified atom stereocenters. The van der Waals surface area contributed by atoms with Crippen LogP contribution in [0.5, 0.6) is 0 Å². The first-order valence-corrected chi connectivity index (χ1v) is 8.70. The number of halogens is 1. The third-order valence-corrected chi connectivity index (χ3v) is 6.58. The smallest absolute Gasteiger partial charge is 0.252 e. The van der Waals surface area contributed by atoms with Gasteiger partial charge in [-0.25, -0.2) is 0 Å². The average Bonchev–Trinajstić information content (AvgIpc) is 2.39. The van der Waals surface area contributed by atoms with E-state index in [1.165, 1.54) is 38.5 Å². The maximum Gasteiger partial charge on any atom is 0.252 e. The Balaban J connectivity index is 1.58. The lowest BCUT2D eigenvalue weighted by atomic mass is 9.53. The summed E-state index contributed by atoms with van der Waals surface area (Å²) in [7, 11) is 0. The third kappa shape index (κ3) is 2.28. The maximum atomic E-state index is 12.7. The molecule has 4 saturated carbocycles. The van der Waals surface area contributed by atoms with Crippen LogP contribution in [0.15, 0.2) is 22.7 Å². The molecule has 0 saturated heterocycles. The van der Waals surface area contributed by atoms with E-state index >= 15 is 0 Å². The number of carbonyl (C=O) groups excluding carboxylic acids is 1. The second kappa shape index (κ2) is 4.73. The largest absolute Gasteiger partial charge is 0.398 e. The number of nitrogens with two attached hydrogens (primary N) is 1. The Morgan fingerprint density at radius 2 is 1.71 bits per heavy atom. The molecule has 0 heterocycles. The summed E-state index contributed by atoms with van der Waals surface area (Å²) in [5.41, 5.74) is 7.22. The van der Waals surface area contributed by atoms with Crippen molar-refractivity contribution in [3.05, 3.63) is 28.2 Å². The van der Waals surface area contributed by atoms with Gasteiger partial charge in [0, 0.05) is 11.2 Å². The van der Waals surface area contributed by atoms with Gasteiger partial charge in [-0.1, -0.05) is 6.07 Å². The van der Waals surface area contributed by atoms with Crippen molar-refractivity contribution in [2.45, 2.75) is 44.1 Å². The molecule has 3 nitrogen and oxygen atoms in total. The molecule has 4 aliphatic rings. The van der Waals surface area contributed by atoms with Gasteiger partial charge in [-0.15, -0.1) is 0 Å². The molecule has 4 heteroatoms. The molecular weight excluding hydrogens is 328 g/mol. The molecule has 0 aromatic heterocycles. The first kappa shape index (κ1) is 13.6. The van der Waals surface area contributed by atoms with Gasteiger partial charge in [0.2, 0.25) is 0 Å². The summed E-state index contributed by atoms with van der Waals surface area (Å²) in [6.45, 7) is 0. The van der Waals surface area contributed by atoms with Crippen LogP contribution in [0.25, 0.3) is 0 Å². The zero-order valence-corrected chi connectivity index (χ0v) is 13.7. The minimum atomic E-state index is 0.0242. The lowest BCUT2D eigenvalue weighted by Gasteiger charge is -2.56. The van der Waals surface area contributed by atoms with E-state index in [0.29, 0.717) is 15.7 Å². The van der Waals surface area contributed by atoms with Crippen LogP contribution in [-0.4, -0.2) is 11.4 Å². The second-order valence-electron chi connectivity index (χ2n) is 7.36. The molecular formula is C17H21BrN2O. The molecule has 4 fully saturated rings. The second-order valence-corrected chi connectivity index (χ2v) is 8.15. The predicted molar refractivity (Wildman–Crippen MR) is 86.9 cm³/mol. The molecule has 0 aliphatic heterocycles. The van der Waals surface area contributed by atoms with E-state index < -0.39 is 0 Å². The van der Waals surface area contributed by atoms with Crippen LogP contribution in [-0.2, 0) is 0 Å². The van der Waals surface area contributed by atoms with E-state index in [4.69, 9.17) is 5.73 Å². The van der Waals surface area contributed by atoms with Crippen molar-refractivity contribution in [1.29, 1.82) is 0 Å². The van der Waals surface area contributed by atoms with Crippen molar-refractivity contribution >= 4 is 27.5 Å². The molecule has 112 valence electrons. The molecule has 0 radical (unpaired) electrons. The summed E-state index contributed by atoms with van der Waals surface area (Å²) >= 11 is 3.45. The number of hydrogen-bond donors (Lipinski definition) is 2. The van der Waals surface area contributed by atoms with Crippen LogP contribution in [0.3, 0.4) is 0 Å². The fraction of sp³-hybridized carbons (Fsp3) is 0.588. The van der Waals surface area contributed by atoms with Gasteiger partial charge in [-0.2, -0.15) is 0 Å². The summed E-state index contributed by atoms with van der Waals surface area (Å²) in [6.07, 6.45) is 7.67. The normalized spacial score (nSPS) is 36.7. The minimum absolute atomic E-state index is 0.0242. The number of nitrogen functional groups attached to an aromatic ring is 1. The number of benzene rings is 1. The van der Waals surface area contributed by atoms with Crippen molar-refractivity contribution in [3.8, 4) is 0 Å². The third-order valence-electron chi connectivity index (χ3n) is 5.69. The van der Waals surface area contributed by atoms with Crippen LogP contribution in [0.1, 0.15) is 48.9 Å². The number of rotatable bonds is 2. The van der Waals surface area contributed by atoms with Gasteiger partial charge in [0.15, 0.2) is 0 Å². The summed E-state index contributed by atoms with van der Waals surface area (Å²) in [5.74, 6) is 2.53. The Hall–Kier alpha value is -1.03. The Morgan fingerprint density at radius 3 is 2.29 bits per heavy atom. The van der Waals surface area contributed by atoms with Gasteiger partial charge in [-0.3, -0.25) is 4.79 Å². The molecule has 1 aromatic rings. The zero-order chi connectivity index (χ0) is 14.6. The molecule has 5 rings (SSSR count). The highest BCUT2D eigenvalue weighted by Crippen LogP contribution is 2.55. The lowest BCUT2D eigenvalue weighted by Crippen LogP contribution is -2.59. The van der Waals surface area contributed by atoms with Gasteiger partial charge in [0.05, 0.1) is 10.0 Å². The quantitative estimate of drug-likeness (QED) is 0.800. The topological polar surface area (TPSA) is 55.1 Å². The number of hydrogen-bond acceptors (Lipinski definition) is 2. The number of carbonyl (C=O) groups is 1. The molecule has 3 N–H and O–H groups in total.